The second-order valence-electron chi connectivity index (χ2n) is 3.31. The normalized spacial score (nSPS) is 9.93. The van der Waals surface area contributed by atoms with E-state index >= 15 is 0 Å². The Kier molecular flexibility index (Phi) is 5.40. The largest absolute Gasteiger partial charge is 0.396 e. The van der Waals surface area contributed by atoms with E-state index in [0.717, 1.165) is 18.4 Å². The molecule has 1 amide bonds. The molecule has 0 atom stereocenters. The third-order valence-electron chi connectivity index (χ3n) is 2.02. The number of rotatable bonds is 6. The molecule has 1 heterocycles. The second kappa shape index (κ2) is 6.95. The molecule has 0 saturated carbocycles. The molecule has 2 N–H and O–H groups in total. The van der Waals surface area contributed by atoms with Crippen LogP contribution in [0, 0.1) is 0 Å². The first-order valence-corrected chi connectivity index (χ1v) is 5.09. The highest BCUT2D eigenvalue weighted by Gasteiger charge is 2.01. The van der Waals surface area contributed by atoms with Gasteiger partial charge in [0, 0.05) is 25.5 Å². The fraction of sp³-hybridized carbons (Fsp3) is 0.455. The zero-order valence-corrected chi connectivity index (χ0v) is 8.65. The van der Waals surface area contributed by atoms with Crippen molar-refractivity contribution in [3.8, 4) is 0 Å². The Morgan fingerprint density at radius 1 is 1.33 bits per heavy atom. The molecule has 0 saturated heterocycles. The standard InChI is InChI=1S/C11H16N2O2/c14-8-2-1-5-13-11(15)9-10-3-6-12-7-4-10/h3-4,6-7,14H,1-2,5,8-9H2,(H,13,15). The summed E-state index contributed by atoms with van der Waals surface area (Å²) in [5.74, 6) is 0.0131. The van der Waals surface area contributed by atoms with E-state index in [9.17, 15) is 4.79 Å². The van der Waals surface area contributed by atoms with E-state index in [1.54, 1.807) is 12.4 Å². The first-order chi connectivity index (χ1) is 7.33. The molecule has 0 unspecified atom stereocenters. The van der Waals surface area contributed by atoms with E-state index in [0.29, 0.717) is 13.0 Å². The predicted octanol–water partition coefficient (Wildman–Crippen LogP) is 0.513. The van der Waals surface area contributed by atoms with Gasteiger partial charge in [-0.05, 0) is 30.5 Å². The van der Waals surface area contributed by atoms with Crippen molar-refractivity contribution in [3.05, 3.63) is 30.1 Å². The molecular weight excluding hydrogens is 192 g/mol. The minimum Gasteiger partial charge on any atom is -0.396 e. The maximum Gasteiger partial charge on any atom is 0.224 e. The highest BCUT2D eigenvalue weighted by Crippen LogP contribution is 1.97. The Morgan fingerprint density at radius 2 is 2.07 bits per heavy atom. The maximum absolute atomic E-state index is 11.4. The van der Waals surface area contributed by atoms with Gasteiger partial charge < -0.3 is 10.4 Å². The summed E-state index contributed by atoms with van der Waals surface area (Å²) in [4.78, 5) is 15.3. The van der Waals surface area contributed by atoms with E-state index in [2.05, 4.69) is 10.3 Å². The summed E-state index contributed by atoms with van der Waals surface area (Å²) in [5, 5.41) is 11.3. The van der Waals surface area contributed by atoms with Crippen molar-refractivity contribution in [2.75, 3.05) is 13.2 Å². The van der Waals surface area contributed by atoms with Crippen LogP contribution in [0.3, 0.4) is 0 Å². The van der Waals surface area contributed by atoms with Crippen molar-refractivity contribution in [3.63, 3.8) is 0 Å². The highest BCUT2D eigenvalue weighted by molar-refractivity contribution is 5.78. The van der Waals surface area contributed by atoms with E-state index in [1.165, 1.54) is 0 Å². The number of unbranched alkanes of at least 4 members (excludes halogenated alkanes) is 1. The van der Waals surface area contributed by atoms with Crippen LogP contribution in [0.15, 0.2) is 24.5 Å². The minimum absolute atomic E-state index is 0.0131. The van der Waals surface area contributed by atoms with E-state index < -0.39 is 0 Å². The summed E-state index contributed by atoms with van der Waals surface area (Å²) in [6, 6.07) is 3.65. The Labute approximate surface area is 89.3 Å². The molecule has 0 aliphatic heterocycles. The van der Waals surface area contributed by atoms with Gasteiger partial charge in [-0.15, -0.1) is 0 Å². The van der Waals surface area contributed by atoms with Crippen LogP contribution in [0.1, 0.15) is 18.4 Å². The summed E-state index contributed by atoms with van der Waals surface area (Å²) >= 11 is 0. The number of pyridine rings is 1. The Morgan fingerprint density at radius 3 is 2.73 bits per heavy atom. The lowest BCUT2D eigenvalue weighted by Gasteiger charge is -2.04. The fourth-order valence-electron chi connectivity index (χ4n) is 1.21. The molecule has 1 aromatic heterocycles. The van der Waals surface area contributed by atoms with Gasteiger partial charge in [0.25, 0.3) is 0 Å². The number of nitrogens with zero attached hydrogens (tertiary/aromatic N) is 1. The van der Waals surface area contributed by atoms with Crippen molar-refractivity contribution in [1.29, 1.82) is 0 Å². The van der Waals surface area contributed by atoms with Gasteiger partial charge in [-0.25, -0.2) is 0 Å². The fourth-order valence-corrected chi connectivity index (χ4v) is 1.21. The lowest BCUT2D eigenvalue weighted by molar-refractivity contribution is -0.120. The van der Waals surface area contributed by atoms with Gasteiger partial charge in [-0.1, -0.05) is 0 Å². The molecule has 4 heteroatoms. The van der Waals surface area contributed by atoms with Gasteiger partial charge in [-0.3, -0.25) is 9.78 Å². The molecule has 0 spiro atoms. The molecule has 0 bridgehead atoms. The van der Waals surface area contributed by atoms with E-state index in [1.807, 2.05) is 12.1 Å². The van der Waals surface area contributed by atoms with Crippen LogP contribution in [0.4, 0.5) is 0 Å². The van der Waals surface area contributed by atoms with Gasteiger partial charge in [0.05, 0.1) is 6.42 Å². The highest BCUT2D eigenvalue weighted by atomic mass is 16.2. The van der Waals surface area contributed by atoms with Crippen LogP contribution in [-0.2, 0) is 11.2 Å². The number of aromatic nitrogens is 1. The van der Waals surface area contributed by atoms with E-state index in [-0.39, 0.29) is 12.5 Å². The number of carbonyl (C=O) groups excluding carboxylic acids is 1. The van der Waals surface area contributed by atoms with Gasteiger partial charge in [-0.2, -0.15) is 0 Å². The van der Waals surface area contributed by atoms with Gasteiger partial charge in [0.15, 0.2) is 0 Å². The van der Waals surface area contributed by atoms with Crippen LogP contribution in [-0.4, -0.2) is 29.1 Å². The van der Waals surface area contributed by atoms with Crippen LogP contribution < -0.4 is 5.32 Å². The van der Waals surface area contributed by atoms with Gasteiger partial charge in [0.1, 0.15) is 0 Å². The smallest absolute Gasteiger partial charge is 0.224 e. The third-order valence-corrected chi connectivity index (χ3v) is 2.02. The van der Waals surface area contributed by atoms with Crippen LogP contribution in [0.2, 0.25) is 0 Å². The molecule has 0 aromatic carbocycles. The monoisotopic (exact) mass is 208 g/mol. The minimum atomic E-state index is 0.0131. The summed E-state index contributed by atoms with van der Waals surface area (Å²) in [6.45, 7) is 0.810. The first-order valence-electron chi connectivity index (χ1n) is 5.09. The third kappa shape index (κ3) is 5.12. The average molecular weight is 208 g/mol. The number of nitrogens with one attached hydrogen (secondary N) is 1. The Balaban J connectivity index is 2.19. The SMILES string of the molecule is O=C(Cc1ccncc1)NCCCCO. The van der Waals surface area contributed by atoms with Crippen molar-refractivity contribution in [2.45, 2.75) is 19.3 Å². The summed E-state index contributed by atoms with van der Waals surface area (Å²) in [5.41, 5.74) is 0.963. The summed E-state index contributed by atoms with van der Waals surface area (Å²) in [6.07, 6.45) is 5.29. The van der Waals surface area contributed by atoms with Crippen molar-refractivity contribution < 1.29 is 9.90 Å². The number of aliphatic hydroxyl groups excluding tert-OH is 1. The Hall–Kier alpha value is -1.42. The lowest BCUT2D eigenvalue weighted by atomic mass is 10.2. The topological polar surface area (TPSA) is 62.2 Å². The van der Waals surface area contributed by atoms with Crippen molar-refractivity contribution >= 4 is 5.91 Å². The number of aliphatic hydroxyl groups is 1. The van der Waals surface area contributed by atoms with Gasteiger partial charge in [0.2, 0.25) is 5.91 Å². The van der Waals surface area contributed by atoms with Crippen molar-refractivity contribution in [1.82, 2.24) is 10.3 Å². The number of amides is 1. The number of carbonyl (C=O) groups is 1. The van der Waals surface area contributed by atoms with Gasteiger partial charge >= 0.3 is 0 Å². The molecule has 0 radical (unpaired) electrons. The first kappa shape index (κ1) is 11.7. The number of hydrogen-bond acceptors (Lipinski definition) is 3. The number of hydrogen-bond donors (Lipinski definition) is 2. The molecule has 82 valence electrons. The molecule has 1 aromatic rings. The summed E-state index contributed by atoms with van der Waals surface area (Å²) in [7, 11) is 0. The van der Waals surface area contributed by atoms with E-state index in [4.69, 9.17) is 5.11 Å². The zero-order valence-electron chi connectivity index (χ0n) is 8.65. The lowest BCUT2D eigenvalue weighted by Crippen LogP contribution is -2.26. The molecular formula is C11H16N2O2. The molecule has 1 rings (SSSR count). The molecule has 15 heavy (non-hydrogen) atoms. The molecule has 4 nitrogen and oxygen atoms in total. The van der Waals surface area contributed by atoms with Crippen LogP contribution in [0.25, 0.3) is 0 Å². The molecule has 0 aliphatic carbocycles. The second-order valence-corrected chi connectivity index (χ2v) is 3.31. The predicted molar refractivity (Wildman–Crippen MR) is 57.3 cm³/mol. The van der Waals surface area contributed by atoms with Crippen LogP contribution in [0.5, 0.6) is 0 Å². The maximum atomic E-state index is 11.4. The Bertz CT molecular complexity index is 288. The quantitative estimate of drug-likeness (QED) is 0.670. The molecule has 0 aliphatic rings. The average Bonchev–Trinajstić information content (AvgIpc) is 2.26. The van der Waals surface area contributed by atoms with Crippen LogP contribution >= 0.6 is 0 Å². The zero-order chi connectivity index (χ0) is 10.9. The molecule has 0 fully saturated rings. The van der Waals surface area contributed by atoms with Crippen molar-refractivity contribution in [2.24, 2.45) is 0 Å². The summed E-state index contributed by atoms with van der Waals surface area (Å²) < 4.78 is 0.